The molecule has 0 spiro atoms. The maximum Gasteiger partial charge on any atom is 0.319 e. The van der Waals surface area contributed by atoms with Crippen molar-refractivity contribution in [3.05, 3.63) is 64.2 Å². The smallest absolute Gasteiger partial charge is 0.319 e. The van der Waals surface area contributed by atoms with Gasteiger partial charge in [-0.25, -0.2) is 4.79 Å². The van der Waals surface area contributed by atoms with E-state index in [4.69, 9.17) is 0 Å². The number of urea groups is 1. The molecule has 2 N–H and O–H groups in total. The normalized spacial score (nSPS) is 13.9. The van der Waals surface area contributed by atoms with Crippen LogP contribution in [0.2, 0.25) is 0 Å². The molecule has 3 rings (SSSR count). The van der Waals surface area contributed by atoms with Crippen LogP contribution < -0.4 is 15.5 Å². The van der Waals surface area contributed by atoms with Crippen molar-refractivity contribution in [3.8, 4) is 0 Å². The predicted octanol–water partition coefficient (Wildman–Crippen LogP) is 3.17. The molecule has 7 nitrogen and oxygen atoms in total. The van der Waals surface area contributed by atoms with E-state index < -0.39 is 11.0 Å². The number of anilines is 2. The fraction of sp³-hybridized carbons (Fsp3) is 0.278. The Morgan fingerprint density at radius 3 is 2.76 bits per heavy atom. The van der Waals surface area contributed by atoms with Crippen LogP contribution >= 0.6 is 0 Å². The van der Waals surface area contributed by atoms with Gasteiger partial charge in [-0.1, -0.05) is 30.3 Å². The first-order chi connectivity index (χ1) is 12.1. The lowest BCUT2D eigenvalue weighted by Crippen LogP contribution is -2.42. The van der Waals surface area contributed by atoms with E-state index in [0.29, 0.717) is 6.54 Å². The van der Waals surface area contributed by atoms with Crippen molar-refractivity contribution in [1.82, 2.24) is 5.32 Å². The Labute approximate surface area is 145 Å². The lowest BCUT2D eigenvalue weighted by Gasteiger charge is -2.27. The van der Waals surface area contributed by atoms with Gasteiger partial charge in [0.2, 0.25) is 0 Å². The van der Waals surface area contributed by atoms with Crippen LogP contribution in [0.5, 0.6) is 0 Å². The molecule has 0 aromatic heterocycles. The van der Waals surface area contributed by atoms with Crippen molar-refractivity contribution in [2.45, 2.75) is 19.4 Å². The Morgan fingerprint density at radius 2 is 1.96 bits per heavy atom. The van der Waals surface area contributed by atoms with Gasteiger partial charge in [0, 0.05) is 30.9 Å². The highest BCUT2D eigenvalue weighted by molar-refractivity contribution is 5.91. The van der Waals surface area contributed by atoms with E-state index >= 15 is 0 Å². The van der Waals surface area contributed by atoms with E-state index in [9.17, 15) is 14.9 Å². The van der Waals surface area contributed by atoms with Gasteiger partial charge in [0.15, 0.2) is 0 Å². The van der Waals surface area contributed by atoms with E-state index in [0.717, 1.165) is 13.0 Å². The molecule has 2 aromatic carbocycles. The number of amides is 2. The highest BCUT2D eigenvalue weighted by atomic mass is 16.6. The fourth-order valence-corrected chi connectivity index (χ4v) is 3.08. The second-order valence-electron chi connectivity index (χ2n) is 6.03. The third-order valence-corrected chi connectivity index (χ3v) is 4.36. The summed E-state index contributed by atoms with van der Waals surface area (Å²) in [5.41, 5.74) is 2.58. The summed E-state index contributed by atoms with van der Waals surface area (Å²) < 4.78 is 0. The molecule has 130 valence electrons. The zero-order chi connectivity index (χ0) is 17.8. The molecule has 0 aliphatic carbocycles. The van der Waals surface area contributed by atoms with Gasteiger partial charge in [0.1, 0.15) is 5.69 Å². The zero-order valence-electron chi connectivity index (χ0n) is 13.9. The Balaban J connectivity index is 1.57. The number of hydrogen-bond donors (Lipinski definition) is 2. The average Bonchev–Trinajstić information content (AvgIpc) is 3.04. The van der Waals surface area contributed by atoms with Crippen molar-refractivity contribution in [2.75, 3.05) is 23.3 Å². The molecule has 0 saturated carbocycles. The highest BCUT2D eigenvalue weighted by Gasteiger charge is 2.23. The minimum absolute atomic E-state index is 0.125. The third kappa shape index (κ3) is 3.71. The molecule has 0 saturated heterocycles. The molecular formula is C18H20N4O3. The molecule has 7 heteroatoms. The van der Waals surface area contributed by atoms with Gasteiger partial charge >= 0.3 is 6.03 Å². The molecule has 2 amide bonds. The molecule has 0 unspecified atom stereocenters. The molecule has 0 bridgehead atoms. The summed E-state index contributed by atoms with van der Waals surface area (Å²) in [6, 6.07) is 14.0. The Bertz CT molecular complexity index is 793. The summed E-state index contributed by atoms with van der Waals surface area (Å²) in [4.78, 5) is 24.8. The number of nitrogens with one attached hydrogen (secondary N) is 2. The molecule has 1 aliphatic rings. The lowest BCUT2D eigenvalue weighted by atomic mass is 10.2. The number of nitro groups is 1. The zero-order valence-corrected chi connectivity index (χ0v) is 13.9. The van der Waals surface area contributed by atoms with E-state index in [1.165, 1.54) is 23.4 Å². The first-order valence-electron chi connectivity index (χ1n) is 8.19. The van der Waals surface area contributed by atoms with E-state index in [-0.39, 0.29) is 17.4 Å². The second-order valence-corrected chi connectivity index (χ2v) is 6.03. The van der Waals surface area contributed by atoms with Crippen LogP contribution in [0.1, 0.15) is 12.5 Å². The number of nitrogens with zero attached hydrogens (tertiary/aromatic N) is 2. The fourth-order valence-electron chi connectivity index (χ4n) is 3.08. The SMILES string of the molecule is C[C@@H](CNC(=O)Nc1ccccc1[N+](=O)[O-])N1CCc2ccccc21. The molecule has 1 aliphatic heterocycles. The van der Waals surface area contributed by atoms with Gasteiger partial charge in [-0.2, -0.15) is 0 Å². The number of carbonyl (C=O) groups is 1. The van der Waals surface area contributed by atoms with Crippen LogP contribution in [0.4, 0.5) is 21.9 Å². The summed E-state index contributed by atoms with van der Waals surface area (Å²) >= 11 is 0. The number of carbonyl (C=O) groups excluding carboxylic acids is 1. The van der Waals surface area contributed by atoms with Crippen LogP contribution in [-0.4, -0.2) is 30.1 Å². The van der Waals surface area contributed by atoms with Crippen molar-refractivity contribution < 1.29 is 9.72 Å². The van der Waals surface area contributed by atoms with Crippen LogP contribution in [0.15, 0.2) is 48.5 Å². The van der Waals surface area contributed by atoms with Crippen LogP contribution in [0.3, 0.4) is 0 Å². The predicted molar refractivity (Wildman–Crippen MR) is 97.1 cm³/mol. The van der Waals surface area contributed by atoms with Crippen molar-refractivity contribution in [3.63, 3.8) is 0 Å². The number of rotatable bonds is 5. The third-order valence-electron chi connectivity index (χ3n) is 4.36. The van der Waals surface area contributed by atoms with Crippen LogP contribution in [0.25, 0.3) is 0 Å². The largest absolute Gasteiger partial charge is 0.366 e. The number of hydrogen-bond acceptors (Lipinski definition) is 4. The Morgan fingerprint density at radius 1 is 1.24 bits per heavy atom. The summed E-state index contributed by atoms with van der Waals surface area (Å²) in [7, 11) is 0. The molecular weight excluding hydrogens is 320 g/mol. The van der Waals surface area contributed by atoms with Gasteiger partial charge in [0.25, 0.3) is 5.69 Å². The molecule has 0 radical (unpaired) electrons. The number of benzene rings is 2. The number of para-hydroxylation sites is 3. The standard InChI is InChI=1S/C18H20N4O3/c1-13(21-11-10-14-6-2-4-8-16(14)21)12-19-18(23)20-15-7-3-5-9-17(15)22(24)25/h2-9,13H,10-12H2,1H3,(H2,19,20,23)/t13-/m0/s1. The quantitative estimate of drug-likeness (QED) is 0.646. The average molecular weight is 340 g/mol. The molecule has 2 aromatic rings. The van der Waals surface area contributed by atoms with Gasteiger partial charge in [0.05, 0.1) is 4.92 Å². The topological polar surface area (TPSA) is 87.5 Å². The Kier molecular flexibility index (Phi) is 4.83. The molecule has 1 heterocycles. The summed E-state index contributed by atoms with van der Waals surface area (Å²) in [5, 5.41) is 16.3. The lowest BCUT2D eigenvalue weighted by molar-refractivity contribution is -0.383. The summed E-state index contributed by atoms with van der Waals surface area (Å²) in [5.74, 6) is 0. The number of nitro benzene ring substituents is 1. The second kappa shape index (κ2) is 7.21. The minimum atomic E-state index is -0.514. The van der Waals surface area contributed by atoms with E-state index in [1.807, 2.05) is 19.1 Å². The van der Waals surface area contributed by atoms with E-state index in [1.54, 1.807) is 12.1 Å². The highest BCUT2D eigenvalue weighted by Crippen LogP contribution is 2.29. The van der Waals surface area contributed by atoms with Crippen LogP contribution in [0, 0.1) is 10.1 Å². The van der Waals surface area contributed by atoms with Crippen molar-refractivity contribution >= 4 is 23.1 Å². The molecule has 1 atom stereocenters. The van der Waals surface area contributed by atoms with Crippen LogP contribution in [-0.2, 0) is 6.42 Å². The monoisotopic (exact) mass is 340 g/mol. The summed E-state index contributed by atoms with van der Waals surface area (Å²) in [6.07, 6.45) is 1.00. The van der Waals surface area contributed by atoms with Crippen molar-refractivity contribution in [2.24, 2.45) is 0 Å². The minimum Gasteiger partial charge on any atom is -0.366 e. The first-order valence-corrected chi connectivity index (χ1v) is 8.19. The van der Waals surface area contributed by atoms with Gasteiger partial charge in [-0.05, 0) is 31.0 Å². The maximum absolute atomic E-state index is 12.1. The van der Waals surface area contributed by atoms with Gasteiger partial charge in [-0.3, -0.25) is 10.1 Å². The maximum atomic E-state index is 12.1. The summed E-state index contributed by atoms with van der Waals surface area (Å²) in [6.45, 7) is 3.42. The Hall–Kier alpha value is -3.09. The van der Waals surface area contributed by atoms with E-state index in [2.05, 4.69) is 27.7 Å². The first kappa shape index (κ1) is 16.8. The number of fused-ring (bicyclic) bond motifs is 1. The van der Waals surface area contributed by atoms with Gasteiger partial charge in [-0.15, -0.1) is 0 Å². The van der Waals surface area contributed by atoms with Gasteiger partial charge < -0.3 is 15.5 Å². The van der Waals surface area contributed by atoms with Crippen molar-refractivity contribution in [1.29, 1.82) is 0 Å². The molecule has 25 heavy (non-hydrogen) atoms. The molecule has 0 fully saturated rings.